The van der Waals surface area contributed by atoms with Crippen LogP contribution in [0.2, 0.25) is 0 Å². The van der Waals surface area contributed by atoms with E-state index in [1.807, 2.05) is 12.4 Å². The van der Waals surface area contributed by atoms with Crippen LogP contribution in [0.5, 0.6) is 0 Å². The highest BCUT2D eigenvalue weighted by Gasteiger charge is 2.31. The molecule has 0 saturated carbocycles. The van der Waals surface area contributed by atoms with Crippen LogP contribution in [0.1, 0.15) is 0 Å². The maximum absolute atomic E-state index is 4.28. The zero-order valence-corrected chi connectivity index (χ0v) is 27.7. The van der Waals surface area contributed by atoms with Gasteiger partial charge in [-0.2, -0.15) is 0 Å². The lowest BCUT2D eigenvalue weighted by atomic mass is 9.82. The van der Waals surface area contributed by atoms with E-state index in [0.29, 0.717) is 0 Å². The van der Waals surface area contributed by atoms with Crippen molar-refractivity contribution < 1.29 is 0 Å². The maximum atomic E-state index is 4.28. The lowest BCUT2D eigenvalue weighted by Gasteiger charge is -2.20. The Morgan fingerprint density at radius 3 is 1.57 bits per heavy atom. The zero-order chi connectivity index (χ0) is 33.5. The van der Waals surface area contributed by atoms with Crippen molar-refractivity contribution in [1.82, 2.24) is 9.55 Å². The van der Waals surface area contributed by atoms with E-state index in [4.69, 9.17) is 0 Å². The maximum Gasteiger partial charge on any atom is 0.0541 e. The van der Waals surface area contributed by atoms with Crippen LogP contribution in [-0.4, -0.2) is 9.55 Å². The number of hydrogen-bond acceptors (Lipinski definition) is 1. The first-order valence-electron chi connectivity index (χ1n) is 17.6. The van der Waals surface area contributed by atoms with Crippen molar-refractivity contribution in [3.8, 4) is 61.3 Å². The molecule has 0 saturated heterocycles. The first-order valence-corrected chi connectivity index (χ1v) is 17.6. The third-order valence-corrected chi connectivity index (χ3v) is 10.8. The third kappa shape index (κ3) is 4.02. The molecule has 0 radical (unpaired) electrons. The topological polar surface area (TPSA) is 17.8 Å². The molecule has 51 heavy (non-hydrogen) atoms. The van der Waals surface area contributed by atoms with E-state index >= 15 is 0 Å². The second-order valence-corrected chi connectivity index (χ2v) is 13.5. The van der Waals surface area contributed by atoms with E-state index in [1.165, 1.54) is 99.0 Å². The highest BCUT2D eigenvalue weighted by atomic mass is 15.0. The first-order chi connectivity index (χ1) is 25.3. The molecule has 8 aromatic carbocycles. The Morgan fingerprint density at radius 2 is 0.882 bits per heavy atom. The summed E-state index contributed by atoms with van der Waals surface area (Å²) in [6, 6.07) is 62.3. The van der Waals surface area contributed by atoms with Crippen LogP contribution >= 0.6 is 0 Å². The van der Waals surface area contributed by atoms with Gasteiger partial charge < -0.3 is 4.57 Å². The summed E-state index contributed by atoms with van der Waals surface area (Å²) in [7, 11) is 0. The molecule has 2 aromatic heterocycles. The lowest BCUT2D eigenvalue weighted by Crippen LogP contribution is -1.93. The van der Waals surface area contributed by atoms with Crippen molar-refractivity contribution in [1.29, 1.82) is 0 Å². The van der Waals surface area contributed by atoms with Crippen LogP contribution in [0.25, 0.3) is 105 Å². The first kappa shape index (κ1) is 28.1. The van der Waals surface area contributed by atoms with Crippen LogP contribution in [0.3, 0.4) is 0 Å². The van der Waals surface area contributed by atoms with Gasteiger partial charge in [-0.15, -0.1) is 0 Å². The molecule has 0 unspecified atom stereocenters. The smallest absolute Gasteiger partial charge is 0.0541 e. The predicted octanol–water partition coefficient (Wildman–Crippen LogP) is 13.1. The Balaban J connectivity index is 1.21. The van der Waals surface area contributed by atoms with Crippen molar-refractivity contribution >= 4 is 43.4 Å². The van der Waals surface area contributed by atoms with Gasteiger partial charge in [-0.3, -0.25) is 4.98 Å². The molecular formula is C49H30N2. The van der Waals surface area contributed by atoms with Crippen molar-refractivity contribution in [2.24, 2.45) is 0 Å². The van der Waals surface area contributed by atoms with Gasteiger partial charge in [0.15, 0.2) is 0 Å². The predicted molar refractivity (Wildman–Crippen MR) is 214 cm³/mol. The molecule has 0 amide bonds. The minimum Gasteiger partial charge on any atom is -0.309 e. The lowest BCUT2D eigenvalue weighted by molar-refractivity contribution is 1.16. The van der Waals surface area contributed by atoms with Crippen molar-refractivity contribution in [3.63, 3.8) is 0 Å². The van der Waals surface area contributed by atoms with Gasteiger partial charge in [0.1, 0.15) is 0 Å². The van der Waals surface area contributed by atoms with Crippen molar-refractivity contribution in [2.45, 2.75) is 0 Å². The van der Waals surface area contributed by atoms with Crippen molar-refractivity contribution in [2.75, 3.05) is 0 Å². The second kappa shape index (κ2) is 10.9. The zero-order valence-electron chi connectivity index (χ0n) is 27.7. The standard InChI is InChI=1S/C49H30N2/c1-3-12-31(13-4-1)45-38-17-7-8-18-39(38)46(32-14-5-2-6-15-32)49-41-24-23-35(37-19-11-20-40(47(37)41)48(45)49)33-22-25-44-42(30-33)36-16-9-10-21-43(36)51(44)34-26-28-50-29-27-34/h1-30H. The molecule has 0 aliphatic heterocycles. The van der Waals surface area contributed by atoms with Crippen LogP contribution in [0.4, 0.5) is 0 Å². The minimum absolute atomic E-state index is 1.11. The molecule has 11 rings (SSSR count). The van der Waals surface area contributed by atoms with Gasteiger partial charge in [0, 0.05) is 28.9 Å². The Hall–Kier alpha value is -6.77. The average Bonchev–Trinajstić information content (AvgIpc) is 3.71. The summed E-state index contributed by atoms with van der Waals surface area (Å²) < 4.78 is 2.35. The van der Waals surface area contributed by atoms with Gasteiger partial charge >= 0.3 is 0 Å². The van der Waals surface area contributed by atoms with Crippen molar-refractivity contribution in [3.05, 3.63) is 182 Å². The van der Waals surface area contributed by atoms with Gasteiger partial charge in [-0.25, -0.2) is 0 Å². The van der Waals surface area contributed by atoms with E-state index < -0.39 is 0 Å². The Morgan fingerprint density at radius 1 is 0.333 bits per heavy atom. The summed E-state index contributed by atoms with van der Waals surface area (Å²) in [5.74, 6) is 0. The van der Waals surface area contributed by atoms with E-state index in [-0.39, 0.29) is 0 Å². The molecule has 1 aliphatic rings. The van der Waals surface area contributed by atoms with Crippen LogP contribution in [0.15, 0.2) is 182 Å². The van der Waals surface area contributed by atoms with Gasteiger partial charge in [0.2, 0.25) is 0 Å². The molecule has 0 spiro atoms. The van der Waals surface area contributed by atoms with E-state index in [0.717, 1.165) is 5.69 Å². The number of aromatic nitrogens is 2. The molecule has 1 aliphatic carbocycles. The summed E-state index contributed by atoms with van der Waals surface area (Å²) in [6.45, 7) is 0. The monoisotopic (exact) mass is 646 g/mol. The van der Waals surface area contributed by atoms with E-state index in [9.17, 15) is 0 Å². The fraction of sp³-hybridized carbons (Fsp3) is 0. The summed E-state index contributed by atoms with van der Waals surface area (Å²) >= 11 is 0. The summed E-state index contributed by atoms with van der Waals surface area (Å²) in [5, 5.41) is 7.66. The number of nitrogens with zero attached hydrogens (tertiary/aromatic N) is 2. The van der Waals surface area contributed by atoms with Gasteiger partial charge in [-0.05, 0) is 108 Å². The second-order valence-electron chi connectivity index (χ2n) is 13.5. The average molecular weight is 647 g/mol. The molecule has 2 heterocycles. The molecule has 2 heteroatoms. The number of fused-ring (bicyclic) bond motifs is 7. The third-order valence-electron chi connectivity index (χ3n) is 10.8. The Kier molecular flexibility index (Phi) is 5.99. The van der Waals surface area contributed by atoms with E-state index in [2.05, 4.69) is 179 Å². The largest absolute Gasteiger partial charge is 0.309 e. The highest BCUT2D eigenvalue weighted by molar-refractivity contribution is 6.29. The molecular weight excluding hydrogens is 617 g/mol. The molecule has 0 N–H and O–H groups in total. The number of pyridine rings is 1. The van der Waals surface area contributed by atoms with Gasteiger partial charge in [-0.1, -0.05) is 140 Å². The van der Waals surface area contributed by atoms with Crippen LogP contribution < -0.4 is 0 Å². The summed E-state index contributed by atoms with van der Waals surface area (Å²) in [5.41, 5.74) is 16.3. The summed E-state index contributed by atoms with van der Waals surface area (Å²) in [6.07, 6.45) is 3.73. The van der Waals surface area contributed by atoms with Crippen LogP contribution in [-0.2, 0) is 0 Å². The quantitative estimate of drug-likeness (QED) is 0.186. The molecule has 236 valence electrons. The molecule has 10 aromatic rings. The SMILES string of the molecule is c1ccc(-c2c3c(c(-c4ccccc4)c4ccccc24)-c2ccc(-c4ccc5c(c4)c4ccccc4n5-c4ccncc4)c4cccc-3c24)cc1. The molecule has 0 bridgehead atoms. The number of benzene rings is 8. The molecule has 2 nitrogen and oxygen atoms in total. The van der Waals surface area contributed by atoms with Crippen LogP contribution in [0, 0.1) is 0 Å². The Bertz CT molecular complexity index is 2900. The normalized spacial score (nSPS) is 11.9. The number of hydrogen-bond donors (Lipinski definition) is 0. The van der Waals surface area contributed by atoms with Gasteiger partial charge in [0.05, 0.1) is 11.0 Å². The van der Waals surface area contributed by atoms with E-state index in [1.54, 1.807) is 0 Å². The minimum atomic E-state index is 1.11. The highest BCUT2D eigenvalue weighted by Crippen LogP contribution is 2.58. The van der Waals surface area contributed by atoms with Gasteiger partial charge in [0.25, 0.3) is 0 Å². The number of rotatable bonds is 4. The fourth-order valence-corrected chi connectivity index (χ4v) is 8.77. The summed E-state index contributed by atoms with van der Waals surface area (Å²) in [4.78, 5) is 4.28. The molecule has 0 fully saturated rings. The Labute approximate surface area is 295 Å². The number of para-hydroxylation sites is 1. The molecule has 0 atom stereocenters. The fourth-order valence-electron chi connectivity index (χ4n) is 8.77.